The molecule has 0 spiro atoms. The van der Waals surface area contributed by atoms with Crippen molar-refractivity contribution in [1.82, 2.24) is 14.8 Å². The summed E-state index contributed by atoms with van der Waals surface area (Å²) >= 11 is 0. The molecule has 1 atom stereocenters. The molecule has 3 heterocycles. The second-order valence-electron chi connectivity index (χ2n) is 9.39. The molecule has 1 fully saturated rings. The number of fused-ring (bicyclic) bond motifs is 1. The summed E-state index contributed by atoms with van der Waals surface area (Å²) < 4.78 is 22.9. The van der Waals surface area contributed by atoms with E-state index in [0.29, 0.717) is 50.1 Å². The zero-order valence-electron chi connectivity index (χ0n) is 19.7. The smallest absolute Gasteiger partial charge is 0.410 e. The summed E-state index contributed by atoms with van der Waals surface area (Å²) in [6, 6.07) is 12.2. The highest BCUT2D eigenvalue weighted by atomic mass is 16.6. The Morgan fingerprint density at radius 1 is 1.15 bits per heavy atom. The van der Waals surface area contributed by atoms with Crippen molar-refractivity contribution in [2.75, 3.05) is 39.5 Å². The van der Waals surface area contributed by atoms with Crippen molar-refractivity contribution in [2.24, 2.45) is 0 Å². The first-order chi connectivity index (χ1) is 15.9. The van der Waals surface area contributed by atoms with Gasteiger partial charge in [-0.15, -0.1) is 0 Å². The van der Waals surface area contributed by atoms with Crippen molar-refractivity contribution >= 4 is 6.09 Å². The van der Waals surface area contributed by atoms with Gasteiger partial charge in [0.25, 0.3) is 0 Å². The van der Waals surface area contributed by atoms with E-state index < -0.39 is 5.60 Å². The summed E-state index contributed by atoms with van der Waals surface area (Å²) in [7, 11) is 0. The van der Waals surface area contributed by atoms with Crippen LogP contribution in [0.5, 0.6) is 11.5 Å². The molecule has 1 unspecified atom stereocenters. The Morgan fingerprint density at radius 3 is 2.67 bits per heavy atom. The number of morpholine rings is 1. The van der Waals surface area contributed by atoms with Gasteiger partial charge < -0.3 is 18.9 Å². The summed E-state index contributed by atoms with van der Waals surface area (Å²) in [5.41, 5.74) is 1.38. The van der Waals surface area contributed by atoms with Gasteiger partial charge in [0.2, 0.25) is 0 Å². The molecule has 0 radical (unpaired) electrons. The molecule has 8 heteroatoms. The number of carbonyl (C=O) groups is 1. The molecule has 0 saturated carbocycles. The summed E-state index contributed by atoms with van der Waals surface area (Å²) in [5.74, 6) is 1.28. The Hall–Kier alpha value is -2.84. The van der Waals surface area contributed by atoms with Gasteiger partial charge >= 0.3 is 6.09 Å². The summed E-state index contributed by atoms with van der Waals surface area (Å²) in [6.45, 7) is 10.4. The van der Waals surface area contributed by atoms with Crippen LogP contribution in [0.4, 0.5) is 4.79 Å². The fraction of sp³-hybridized carbons (Fsp3) is 0.520. The second kappa shape index (κ2) is 10.4. The Balaban J connectivity index is 1.44. The van der Waals surface area contributed by atoms with Crippen LogP contribution in [-0.4, -0.2) is 72.0 Å². The molecule has 1 aromatic heterocycles. The summed E-state index contributed by atoms with van der Waals surface area (Å²) in [4.78, 5) is 21.5. The van der Waals surface area contributed by atoms with E-state index in [1.165, 1.54) is 5.56 Å². The molecule has 0 bridgehead atoms. The number of hydrogen-bond acceptors (Lipinski definition) is 7. The second-order valence-corrected chi connectivity index (χ2v) is 9.39. The van der Waals surface area contributed by atoms with Gasteiger partial charge in [0, 0.05) is 25.7 Å². The predicted octanol–water partition coefficient (Wildman–Crippen LogP) is 3.49. The van der Waals surface area contributed by atoms with Crippen LogP contribution in [0, 0.1) is 0 Å². The summed E-state index contributed by atoms with van der Waals surface area (Å²) in [5, 5.41) is 0. The lowest BCUT2D eigenvalue weighted by atomic mass is 10.2. The zero-order chi connectivity index (χ0) is 23.3. The molecular weight excluding hydrogens is 422 g/mol. The monoisotopic (exact) mass is 455 g/mol. The largest absolute Gasteiger partial charge is 0.486 e. The van der Waals surface area contributed by atoms with Crippen molar-refractivity contribution in [3.63, 3.8) is 0 Å². The van der Waals surface area contributed by atoms with Crippen molar-refractivity contribution < 1.29 is 23.7 Å². The van der Waals surface area contributed by atoms with Gasteiger partial charge in [-0.2, -0.15) is 0 Å². The van der Waals surface area contributed by atoms with Gasteiger partial charge in [0.05, 0.1) is 37.7 Å². The zero-order valence-corrected chi connectivity index (χ0v) is 19.7. The van der Waals surface area contributed by atoms with Crippen molar-refractivity contribution in [3.05, 3.63) is 53.9 Å². The van der Waals surface area contributed by atoms with Gasteiger partial charge in [-0.1, -0.05) is 30.3 Å². The van der Waals surface area contributed by atoms with Gasteiger partial charge in [-0.25, -0.2) is 4.79 Å². The van der Waals surface area contributed by atoms with Crippen LogP contribution in [0.1, 0.15) is 32.0 Å². The van der Waals surface area contributed by atoms with Crippen molar-refractivity contribution in [1.29, 1.82) is 0 Å². The topological polar surface area (TPSA) is 73.4 Å². The highest BCUT2D eigenvalue weighted by molar-refractivity contribution is 5.68. The van der Waals surface area contributed by atoms with Crippen LogP contribution in [0.2, 0.25) is 0 Å². The first-order valence-electron chi connectivity index (χ1n) is 11.5. The predicted molar refractivity (Wildman–Crippen MR) is 123 cm³/mol. The Morgan fingerprint density at radius 2 is 1.91 bits per heavy atom. The van der Waals surface area contributed by atoms with Crippen LogP contribution in [-0.2, 0) is 22.6 Å². The fourth-order valence-corrected chi connectivity index (χ4v) is 3.92. The number of amides is 1. The molecule has 2 aliphatic heterocycles. The molecule has 4 rings (SSSR count). The highest BCUT2D eigenvalue weighted by Gasteiger charge is 2.29. The Kier molecular flexibility index (Phi) is 7.35. The third-order valence-corrected chi connectivity index (χ3v) is 5.39. The molecule has 1 amide bonds. The number of aromatic nitrogens is 1. The average molecular weight is 456 g/mol. The van der Waals surface area contributed by atoms with Gasteiger partial charge in [0.15, 0.2) is 11.5 Å². The lowest BCUT2D eigenvalue weighted by Gasteiger charge is -2.36. The van der Waals surface area contributed by atoms with Crippen LogP contribution in [0.25, 0.3) is 0 Å². The van der Waals surface area contributed by atoms with Gasteiger partial charge in [0.1, 0.15) is 18.8 Å². The molecule has 0 N–H and O–H groups in total. The molecule has 1 aromatic carbocycles. The molecular formula is C25H33N3O5. The number of pyridine rings is 1. The lowest BCUT2D eigenvalue weighted by Crippen LogP contribution is -2.49. The Bertz CT molecular complexity index is 931. The maximum Gasteiger partial charge on any atom is 0.410 e. The van der Waals surface area contributed by atoms with Crippen LogP contribution in [0.15, 0.2) is 42.6 Å². The first-order valence-corrected chi connectivity index (χ1v) is 11.5. The molecule has 1 saturated heterocycles. The number of hydrogen-bond donors (Lipinski definition) is 0. The lowest BCUT2D eigenvalue weighted by molar-refractivity contribution is -0.0511. The molecule has 2 aromatic rings. The minimum Gasteiger partial charge on any atom is -0.486 e. The van der Waals surface area contributed by atoms with Crippen LogP contribution < -0.4 is 9.47 Å². The van der Waals surface area contributed by atoms with Gasteiger partial charge in [-0.3, -0.25) is 14.8 Å². The van der Waals surface area contributed by atoms with E-state index in [1.54, 1.807) is 11.1 Å². The quantitative estimate of drug-likeness (QED) is 0.660. The van der Waals surface area contributed by atoms with Crippen molar-refractivity contribution in [3.8, 4) is 11.5 Å². The third-order valence-electron chi connectivity index (χ3n) is 5.39. The highest BCUT2D eigenvalue weighted by Crippen LogP contribution is 2.30. The van der Waals surface area contributed by atoms with E-state index in [4.69, 9.17) is 18.9 Å². The number of nitrogens with zero attached hydrogens (tertiary/aromatic N) is 3. The van der Waals surface area contributed by atoms with E-state index in [-0.39, 0.29) is 12.2 Å². The van der Waals surface area contributed by atoms with E-state index in [1.807, 2.05) is 32.9 Å². The normalized spacial score (nSPS) is 18.6. The van der Waals surface area contributed by atoms with E-state index in [0.717, 1.165) is 19.6 Å². The average Bonchev–Trinajstić information content (AvgIpc) is 2.78. The standard InChI is InChI=1S/C25H33N3O5/c1-25(2,3)33-24(29)28(16-20-13-22-23(14-26-20)32-12-11-31-22)18-21-17-27(9-10-30-21)15-19-7-5-4-6-8-19/h4-8,13-14,21H,9-12,15-18H2,1-3H3. The molecule has 178 valence electrons. The number of benzene rings is 1. The first kappa shape index (κ1) is 23.3. The minimum atomic E-state index is -0.595. The van der Waals surface area contributed by atoms with Crippen molar-refractivity contribution in [2.45, 2.75) is 45.6 Å². The fourth-order valence-electron chi connectivity index (χ4n) is 3.92. The van der Waals surface area contributed by atoms with E-state index >= 15 is 0 Å². The molecule has 0 aliphatic carbocycles. The SMILES string of the molecule is CC(C)(C)OC(=O)N(Cc1cc2c(cn1)OCCO2)CC1CN(Cc2ccccc2)CCO1. The maximum atomic E-state index is 13.0. The maximum absolute atomic E-state index is 13.0. The van der Waals surface area contributed by atoms with Crippen LogP contribution >= 0.6 is 0 Å². The number of rotatable bonds is 6. The molecule has 2 aliphatic rings. The molecule has 33 heavy (non-hydrogen) atoms. The van der Waals surface area contributed by atoms with Crippen LogP contribution in [0.3, 0.4) is 0 Å². The third kappa shape index (κ3) is 6.82. The number of carbonyl (C=O) groups excluding carboxylic acids is 1. The van der Waals surface area contributed by atoms with E-state index in [2.05, 4.69) is 34.1 Å². The molecule has 8 nitrogen and oxygen atoms in total. The number of ether oxygens (including phenoxy) is 4. The van der Waals surface area contributed by atoms with Gasteiger partial charge in [-0.05, 0) is 26.3 Å². The minimum absolute atomic E-state index is 0.118. The Labute approximate surface area is 195 Å². The van der Waals surface area contributed by atoms with E-state index in [9.17, 15) is 4.79 Å². The summed E-state index contributed by atoms with van der Waals surface area (Å²) in [6.07, 6.45) is 1.14.